The Morgan fingerprint density at radius 3 is 0.847 bits per heavy atom. The summed E-state index contributed by atoms with van der Waals surface area (Å²) < 4.78 is 16.9. The van der Waals surface area contributed by atoms with E-state index in [1.165, 1.54) is 135 Å². The second-order valence-corrected chi connectivity index (χ2v) is 20.2. The number of allylic oxidation sites excluding steroid dienone is 14. The Kier molecular flexibility index (Phi) is 57.3. The Bertz CT molecular complexity index is 1380. The number of ether oxygens (including phenoxy) is 3. The summed E-state index contributed by atoms with van der Waals surface area (Å²) in [5, 5.41) is 0. The van der Waals surface area contributed by atoms with Crippen LogP contribution in [0, 0.1) is 0 Å². The van der Waals surface area contributed by atoms with E-state index in [1.54, 1.807) is 0 Å². The molecule has 414 valence electrons. The third kappa shape index (κ3) is 57.5. The molecule has 0 rings (SSSR count). The zero-order valence-electron chi connectivity index (χ0n) is 47.4. The summed E-state index contributed by atoms with van der Waals surface area (Å²) >= 11 is 0. The van der Waals surface area contributed by atoms with E-state index in [4.69, 9.17) is 14.2 Å². The number of hydrogen-bond donors (Lipinski definition) is 0. The van der Waals surface area contributed by atoms with Crippen molar-refractivity contribution >= 4 is 17.9 Å². The molecule has 0 heterocycles. The Balaban J connectivity index is 4.40. The van der Waals surface area contributed by atoms with Gasteiger partial charge in [0.1, 0.15) is 13.2 Å². The number of carbonyl (C=O) groups excluding carboxylic acids is 3. The lowest BCUT2D eigenvalue weighted by atomic mass is 10.0. The molecular weight excluding hydrogens is 889 g/mol. The van der Waals surface area contributed by atoms with E-state index in [0.29, 0.717) is 19.3 Å². The van der Waals surface area contributed by atoms with Crippen molar-refractivity contribution in [1.82, 2.24) is 0 Å². The molecule has 6 nitrogen and oxygen atoms in total. The lowest BCUT2D eigenvalue weighted by molar-refractivity contribution is -0.167. The third-order valence-corrected chi connectivity index (χ3v) is 13.1. The van der Waals surface area contributed by atoms with Crippen LogP contribution in [0.5, 0.6) is 0 Å². The molecule has 0 spiro atoms. The molecular formula is C66H114O6. The highest BCUT2D eigenvalue weighted by atomic mass is 16.6. The second kappa shape index (κ2) is 60.1. The van der Waals surface area contributed by atoms with Crippen LogP contribution in [0.2, 0.25) is 0 Å². The molecule has 1 atom stereocenters. The first-order chi connectivity index (χ1) is 35.5. The predicted molar refractivity (Wildman–Crippen MR) is 311 cm³/mol. The fourth-order valence-electron chi connectivity index (χ4n) is 8.63. The summed E-state index contributed by atoms with van der Waals surface area (Å²) in [5.41, 5.74) is 0. The SMILES string of the molecule is CC/C=C\C/C=C\C/C=C\C/C=C\CCCCCCC(=O)OC(COC(=O)CCCCCCCCC/C=C\C/C=C\C/C=C\CC)COC(=O)CCCCCCCCCCCCCCCCCCCCCC. The first-order valence-electron chi connectivity index (χ1n) is 30.6. The van der Waals surface area contributed by atoms with Gasteiger partial charge in [0.05, 0.1) is 0 Å². The standard InChI is InChI=1S/C66H114O6/c1-4-7-10-13-16-19-22-25-28-31-32-33-36-38-41-44-47-50-53-56-59-65(68)71-62-63(72-66(69)60-57-54-51-48-45-42-39-35-30-27-24-21-18-15-12-9-6-3)61-70-64(67)58-55-52-49-46-43-40-37-34-29-26-23-20-17-14-11-8-5-2/h8-9,11-12,17-18,20-21,26-27,29-30,39,42,63H,4-7,10,13-16,19,22-25,28,31-38,40-41,43-62H2,1-3H3/b11-8-,12-9-,20-17-,21-18-,29-26-,30-27-,42-39-. The fraction of sp³-hybridized carbons (Fsp3) is 0.742. The maximum absolute atomic E-state index is 12.9. The van der Waals surface area contributed by atoms with Gasteiger partial charge in [-0.1, -0.05) is 273 Å². The topological polar surface area (TPSA) is 78.9 Å². The van der Waals surface area contributed by atoms with Gasteiger partial charge >= 0.3 is 17.9 Å². The van der Waals surface area contributed by atoms with Crippen molar-refractivity contribution in [3.05, 3.63) is 85.1 Å². The summed E-state index contributed by atoms with van der Waals surface area (Å²) in [6, 6.07) is 0. The van der Waals surface area contributed by atoms with Crippen LogP contribution in [0.4, 0.5) is 0 Å². The zero-order valence-corrected chi connectivity index (χ0v) is 47.4. The summed E-state index contributed by atoms with van der Waals surface area (Å²) in [4.78, 5) is 38.3. The summed E-state index contributed by atoms with van der Waals surface area (Å²) in [5.74, 6) is -0.910. The monoisotopic (exact) mass is 1000 g/mol. The van der Waals surface area contributed by atoms with Crippen LogP contribution in [0.3, 0.4) is 0 Å². The molecule has 0 saturated carbocycles. The van der Waals surface area contributed by atoms with Crippen molar-refractivity contribution in [2.75, 3.05) is 13.2 Å². The molecule has 0 N–H and O–H groups in total. The minimum absolute atomic E-state index is 0.0876. The zero-order chi connectivity index (χ0) is 52.2. The van der Waals surface area contributed by atoms with E-state index in [1.807, 2.05) is 0 Å². The molecule has 0 radical (unpaired) electrons. The van der Waals surface area contributed by atoms with Gasteiger partial charge in [-0.3, -0.25) is 14.4 Å². The summed E-state index contributed by atoms with van der Waals surface area (Å²) in [6.07, 6.45) is 78.7. The molecule has 6 heteroatoms. The van der Waals surface area contributed by atoms with Crippen molar-refractivity contribution in [3.63, 3.8) is 0 Å². The van der Waals surface area contributed by atoms with Crippen LogP contribution < -0.4 is 0 Å². The molecule has 0 amide bonds. The van der Waals surface area contributed by atoms with Gasteiger partial charge in [-0.15, -0.1) is 0 Å². The molecule has 0 bridgehead atoms. The average Bonchev–Trinajstić information content (AvgIpc) is 3.38. The fourth-order valence-corrected chi connectivity index (χ4v) is 8.63. The lowest BCUT2D eigenvalue weighted by Gasteiger charge is -2.18. The van der Waals surface area contributed by atoms with Crippen LogP contribution in [-0.4, -0.2) is 37.2 Å². The van der Waals surface area contributed by atoms with E-state index in [-0.39, 0.29) is 31.1 Å². The van der Waals surface area contributed by atoms with E-state index < -0.39 is 6.10 Å². The number of hydrogen-bond acceptors (Lipinski definition) is 6. The van der Waals surface area contributed by atoms with Gasteiger partial charge in [-0.05, 0) is 89.9 Å². The van der Waals surface area contributed by atoms with Gasteiger partial charge in [0.15, 0.2) is 6.10 Å². The molecule has 0 aromatic heterocycles. The maximum Gasteiger partial charge on any atom is 0.306 e. The smallest absolute Gasteiger partial charge is 0.306 e. The molecule has 0 aromatic rings. The van der Waals surface area contributed by atoms with Crippen LogP contribution >= 0.6 is 0 Å². The van der Waals surface area contributed by atoms with Gasteiger partial charge in [0, 0.05) is 19.3 Å². The lowest BCUT2D eigenvalue weighted by Crippen LogP contribution is -2.30. The van der Waals surface area contributed by atoms with Crippen molar-refractivity contribution in [2.24, 2.45) is 0 Å². The molecule has 0 aliphatic heterocycles. The normalized spacial score (nSPS) is 12.7. The minimum Gasteiger partial charge on any atom is -0.462 e. The predicted octanol–water partition coefficient (Wildman–Crippen LogP) is 20.7. The number of esters is 3. The van der Waals surface area contributed by atoms with Crippen molar-refractivity contribution in [3.8, 4) is 0 Å². The molecule has 0 saturated heterocycles. The Morgan fingerprint density at radius 2 is 0.542 bits per heavy atom. The molecule has 0 aromatic carbocycles. The number of rotatable bonds is 55. The first kappa shape index (κ1) is 68.6. The van der Waals surface area contributed by atoms with E-state index >= 15 is 0 Å². The molecule has 0 aliphatic carbocycles. The average molecular weight is 1000 g/mol. The van der Waals surface area contributed by atoms with Gasteiger partial charge in [0.2, 0.25) is 0 Å². The number of carbonyl (C=O) groups is 3. The highest BCUT2D eigenvalue weighted by molar-refractivity contribution is 5.71. The molecule has 0 aliphatic rings. The van der Waals surface area contributed by atoms with Crippen molar-refractivity contribution in [2.45, 2.75) is 303 Å². The van der Waals surface area contributed by atoms with E-state index in [0.717, 1.165) is 122 Å². The quantitative estimate of drug-likeness (QED) is 0.0261. The van der Waals surface area contributed by atoms with Gasteiger partial charge in [-0.25, -0.2) is 0 Å². The molecule has 72 heavy (non-hydrogen) atoms. The Morgan fingerprint density at radius 1 is 0.292 bits per heavy atom. The second-order valence-electron chi connectivity index (χ2n) is 20.2. The Labute approximate surface area is 445 Å². The van der Waals surface area contributed by atoms with Crippen LogP contribution in [0.15, 0.2) is 85.1 Å². The van der Waals surface area contributed by atoms with Crippen LogP contribution in [-0.2, 0) is 28.6 Å². The Hall–Kier alpha value is -3.41. The minimum atomic E-state index is -0.794. The number of unbranched alkanes of at least 4 members (excludes halogenated alkanes) is 30. The largest absolute Gasteiger partial charge is 0.462 e. The van der Waals surface area contributed by atoms with Crippen LogP contribution in [0.1, 0.15) is 297 Å². The highest BCUT2D eigenvalue weighted by Gasteiger charge is 2.19. The van der Waals surface area contributed by atoms with Crippen molar-refractivity contribution < 1.29 is 28.6 Å². The third-order valence-electron chi connectivity index (χ3n) is 13.1. The van der Waals surface area contributed by atoms with E-state index in [2.05, 4.69) is 106 Å². The van der Waals surface area contributed by atoms with E-state index in [9.17, 15) is 14.4 Å². The van der Waals surface area contributed by atoms with Crippen molar-refractivity contribution in [1.29, 1.82) is 0 Å². The van der Waals surface area contributed by atoms with Crippen LogP contribution in [0.25, 0.3) is 0 Å². The molecule has 1 unspecified atom stereocenters. The first-order valence-corrected chi connectivity index (χ1v) is 30.6. The molecule has 0 fully saturated rings. The van der Waals surface area contributed by atoms with Gasteiger partial charge in [0.25, 0.3) is 0 Å². The highest BCUT2D eigenvalue weighted by Crippen LogP contribution is 2.17. The van der Waals surface area contributed by atoms with Gasteiger partial charge in [-0.2, -0.15) is 0 Å². The summed E-state index contributed by atoms with van der Waals surface area (Å²) in [6.45, 7) is 6.42. The van der Waals surface area contributed by atoms with Gasteiger partial charge < -0.3 is 14.2 Å². The summed E-state index contributed by atoms with van der Waals surface area (Å²) in [7, 11) is 0. The maximum atomic E-state index is 12.9.